The van der Waals surface area contributed by atoms with Gasteiger partial charge in [-0.15, -0.1) is 0 Å². The topological polar surface area (TPSA) is 84.9 Å². The van der Waals surface area contributed by atoms with E-state index in [-0.39, 0.29) is 13.2 Å². The van der Waals surface area contributed by atoms with Crippen molar-refractivity contribution in [3.8, 4) is 0 Å². The molecule has 0 atom stereocenters. The first-order valence-corrected chi connectivity index (χ1v) is 5.83. The summed E-state index contributed by atoms with van der Waals surface area (Å²) in [6.45, 7) is 1.81. The van der Waals surface area contributed by atoms with Crippen LogP contribution in [0.15, 0.2) is 18.2 Å². The number of ether oxygens (including phenoxy) is 2. The molecule has 0 aliphatic rings. The number of methoxy groups -OCH3 is 1. The van der Waals surface area contributed by atoms with Gasteiger partial charge in [-0.05, 0) is 30.7 Å². The Labute approximate surface area is 111 Å². The third kappa shape index (κ3) is 4.59. The van der Waals surface area contributed by atoms with Crippen LogP contribution >= 0.6 is 0 Å². The van der Waals surface area contributed by atoms with Gasteiger partial charge in [-0.1, -0.05) is 0 Å². The van der Waals surface area contributed by atoms with Crippen molar-refractivity contribution in [2.24, 2.45) is 0 Å². The number of anilines is 1. The second-order valence-electron chi connectivity index (χ2n) is 3.73. The number of carbonyl (C=O) groups excluding carboxylic acids is 2. The Hall–Kier alpha value is -2.08. The van der Waals surface area contributed by atoms with Gasteiger partial charge in [-0.25, -0.2) is 4.79 Å². The van der Waals surface area contributed by atoms with Crippen LogP contribution in [0.1, 0.15) is 22.8 Å². The SMILES string of the molecule is CCOC(=O)CNc1cc(CO)cc(C(=O)OC)c1. The van der Waals surface area contributed by atoms with Crippen molar-refractivity contribution in [1.82, 2.24) is 0 Å². The summed E-state index contributed by atoms with van der Waals surface area (Å²) < 4.78 is 9.39. The van der Waals surface area contributed by atoms with Gasteiger partial charge in [0.1, 0.15) is 6.54 Å². The summed E-state index contributed by atoms with van der Waals surface area (Å²) in [6, 6.07) is 4.72. The molecule has 0 unspecified atom stereocenters. The van der Waals surface area contributed by atoms with Crippen LogP contribution in [0.5, 0.6) is 0 Å². The molecule has 0 aliphatic carbocycles. The zero-order valence-corrected chi connectivity index (χ0v) is 10.9. The standard InChI is InChI=1S/C13H17NO5/c1-3-19-12(16)7-14-11-5-9(8-15)4-10(6-11)13(17)18-2/h4-6,14-15H,3,7-8H2,1-2H3. The monoisotopic (exact) mass is 267 g/mol. The van der Waals surface area contributed by atoms with Crippen LogP contribution < -0.4 is 5.32 Å². The molecule has 1 aromatic rings. The van der Waals surface area contributed by atoms with Crippen molar-refractivity contribution in [3.05, 3.63) is 29.3 Å². The van der Waals surface area contributed by atoms with Crippen LogP contribution in [-0.4, -0.2) is 37.3 Å². The minimum absolute atomic E-state index is 0.0106. The molecule has 0 fully saturated rings. The first-order chi connectivity index (χ1) is 9.10. The van der Waals surface area contributed by atoms with E-state index in [1.807, 2.05) is 0 Å². The highest BCUT2D eigenvalue weighted by atomic mass is 16.5. The molecule has 0 heterocycles. The third-order valence-electron chi connectivity index (χ3n) is 2.34. The highest BCUT2D eigenvalue weighted by Crippen LogP contribution is 2.16. The smallest absolute Gasteiger partial charge is 0.337 e. The predicted octanol–water partition coefficient (Wildman–Crippen LogP) is 0.940. The number of esters is 2. The lowest BCUT2D eigenvalue weighted by atomic mass is 10.1. The molecular weight excluding hydrogens is 250 g/mol. The molecule has 1 rings (SSSR count). The molecule has 19 heavy (non-hydrogen) atoms. The Morgan fingerprint density at radius 2 is 2.05 bits per heavy atom. The molecule has 0 saturated heterocycles. The van der Waals surface area contributed by atoms with Crippen LogP contribution in [0.3, 0.4) is 0 Å². The Balaban J connectivity index is 2.82. The van der Waals surface area contributed by atoms with Gasteiger partial charge in [-0.2, -0.15) is 0 Å². The minimum atomic E-state index is -0.505. The fourth-order valence-corrected chi connectivity index (χ4v) is 1.51. The molecule has 0 aliphatic heterocycles. The Morgan fingerprint density at radius 3 is 2.63 bits per heavy atom. The molecule has 104 valence electrons. The molecule has 0 radical (unpaired) electrons. The zero-order valence-electron chi connectivity index (χ0n) is 10.9. The maximum absolute atomic E-state index is 11.5. The largest absolute Gasteiger partial charge is 0.465 e. The Bertz CT molecular complexity index is 458. The highest BCUT2D eigenvalue weighted by molar-refractivity contribution is 5.91. The second-order valence-corrected chi connectivity index (χ2v) is 3.73. The molecule has 0 aromatic heterocycles. The van der Waals surface area contributed by atoms with E-state index >= 15 is 0 Å². The van der Waals surface area contributed by atoms with Gasteiger partial charge in [0.15, 0.2) is 0 Å². The van der Waals surface area contributed by atoms with Gasteiger partial charge in [0.05, 0.1) is 25.9 Å². The third-order valence-corrected chi connectivity index (χ3v) is 2.34. The summed E-state index contributed by atoms with van der Waals surface area (Å²) in [5.74, 6) is -0.897. The second kappa shape index (κ2) is 7.38. The van der Waals surface area contributed by atoms with E-state index in [0.717, 1.165) is 0 Å². The fraction of sp³-hybridized carbons (Fsp3) is 0.385. The number of benzene rings is 1. The van der Waals surface area contributed by atoms with Crippen LogP contribution in [0.25, 0.3) is 0 Å². The summed E-state index contributed by atoms with van der Waals surface area (Å²) >= 11 is 0. The summed E-state index contributed by atoms with van der Waals surface area (Å²) in [5, 5.41) is 12.0. The Morgan fingerprint density at radius 1 is 1.32 bits per heavy atom. The summed E-state index contributed by atoms with van der Waals surface area (Å²) in [4.78, 5) is 22.7. The molecule has 2 N–H and O–H groups in total. The van der Waals surface area contributed by atoms with Crippen molar-refractivity contribution in [3.63, 3.8) is 0 Å². The molecule has 0 saturated carbocycles. The predicted molar refractivity (Wildman–Crippen MR) is 68.8 cm³/mol. The first-order valence-electron chi connectivity index (χ1n) is 5.83. The summed E-state index contributed by atoms with van der Waals surface area (Å²) in [5.41, 5.74) is 1.40. The van der Waals surface area contributed by atoms with Gasteiger partial charge >= 0.3 is 11.9 Å². The van der Waals surface area contributed by atoms with E-state index in [4.69, 9.17) is 9.84 Å². The van der Waals surface area contributed by atoms with Crippen molar-refractivity contribution in [2.75, 3.05) is 25.6 Å². The number of carbonyl (C=O) groups is 2. The summed E-state index contributed by atoms with van der Waals surface area (Å²) in [7, 11) is 1.28. The number of aliphatic hydroxyl groups is 1. The number of rotatable bonds is 6. The van der Waals surface area contributed by atoms with E-state index in [0.29, 0.717) is 23.4 Å². The normalized spacial score (nSPS) is 9.84. The highest BCUT2D eigenvalue weighted by Gasteiger charge is 2.09. The molecule has 0 bridgehead atoms. The van der Waals surface area contributed by atoms with E-state index in [1.54, 1.807) is 19.1 Å². The van der Waals surface area contributed by atoms with Crippen LogP contribution in [-0.2, 0) is 20.9 Å². The van der Waals surface area contributed by atoms with E-state index in [9.17, 15) is 9.59 Å². The average Bonchev–Trinajstić information content (AvgIpc) is 2.44. The molecular formula is C13H17NO5. The number of aliphatic hydroxyl groups excluding tert-OH is 1. The zero-order chi connectivity index (χ0) is 14.3. The van der Waals surface area contributed by atoms with Gasteiger partial charge < -0.3 is 19.9 Å². The summed E-state index contributed by atoms with van der Waals surface area (Å²) in [6.07, 6.45) is 0. The fourth-order valence-electron chi connectivity index (χ4n) is 1.51. The van der Waals surface area contributed by atoms with Gasteiger partial charge in [0.25, 0.3) is 0 Å². The maximum Gasteiger partial charge on any atom is 0.337 e. The van der Waals surface area contributed by atoms with Crippen LogP contribution in [0.2, 0.25) is 0 Å². The molecule has 0 amide bonds. The van der Waals surface area contributed by atoms with E-state index in [2.05, 4.69) is 10.1 Å². The van der Waals surface area contributed by atoms with Crippen LogP contribution in [0, 0.1) is 0 Å². The average molecular weight is 267 g/mol. The van der Waals surface area contributed by atoms with Gasteiger partial charge in [-0.3, -0.25) is 4.79 Å². The quantitative estimate of drug-likeness (QED) is 0.746. The lowest BCUT2D eigenvalue weighted by Gasteiger charge is -2.09. The van der Waals surface area contributed by atoms with Crippen molar-refractivity contribution >= 4 is 17.6 Å². The van der Waals surface area contributed by atoms with Crippen molar-refractivity contribution < 1.29 is 24.2 Å². The van der Waals surface area contributed by atoms with Gasteiger partial charge in [0.2, 0.25) is 0 Å². The Kier molecular flexibility index (Phi) is 5.81. The van der Waals surface area contributed by atoms with Crippen molar-refractivity contribution in [2.45, 2.75) is 13.5 Å². The van der Waals surface area contributed by atoms with E-state index in [1.165, 1.54) is 13.2 Å². The molecule has 6 heteroatoms. The molecule has 6 nitrogen and oxygen atoms in total. The number of nitrogens with one attached hydrogen (secondary N) is 1. The molecule has 1 aromatic carbocycles. The first kappa shape index (κ1) is 15.0. The van der Waals surface area contributed by atoms with Crippen molar-refractivity contribution in [1.29, 1.82) is 0 Å². The van der Waals surface area contributed by atoms with Gasteiger partial charge in [0, 0.05) is 5.69 Å². The lowest BCUT2D eigenvalue weighted by Crippen LogP contribution is -2.17. The van der Waals surface area contributed by atoms with E-state index < -0.39 is 11.9 Å². The van der Waals surface area contributed by atoms with Crippen LogP contribution in [0.4, 0.5) is 5.69 Å². The minimum Gasteiger partial charge on any atom is -0.465 e. The number of hydrogen-bond acceptors (Lipinski definition) is 6. The molecule has 0 spiro atoms. The maximum atomic E-state index is 11.5. The lowest BCUT2D eigenvalue weighted by molar-refractivity contribution is -0.140. The number of hydrogen-bond donors (Lipinski definition) is 2.